The summed E-state index contributed by atoms with van der Waals surface area (Å²) in [4.78, 5) is 30.5. The van der Waals surface area contributed by atoms with Gasteiger partial charge in [0.2, 0.25) is 0 Å². The predicted molar refractivity (Wildman–Crippen MR) is 152 cm³/mol. The topological polar surface area (TPSA) is 95.2 Å². The number of ether oxygens (including phenoxy) is 2. The van der Waals surface area contributed by atoms with E-state index in [0.717, 1.165) is 75.4 Å². The summed E-state index contributed by atoms with van der Waals surface area (Å²) in [5.74, 6) is 0.707. The molecule has 206 valence electrons. The van der Waals surface area contributed by atoms with Crippen molar-refractivity contribution in [3.05, 3.63) is 48.0 Å². The maximum absolute atomic E-state index is 13.3. The second-order valence-electron chi connectivity index (χ2n) is 9.91. The number of nitrogens with one attached hydrogen (secondary N) is 3. The molecule has 0 unspecified atom stereocenters. The van der Waals surface area contributed by atoms with Crippen molar-refractivity contribution in [3.63, 3.8) is 0 Å². The number of amides is 3. The molecule has 0 atom stereocenters. The average molecular weight is 524 g/mol. The van der Waals surface area contributed by atoms with Gasteiger partial charge < -0.3 is 35.2 Å². The number of rotatable bonds is 10. The first-order valence-corrected chi connectivity index (χ1v) is 13.7. The second-order valence-corrected chi connectivity index (χ2v) is 9.91. The molecule has 2 aliphatic rings. The maximum Gasteiger partial charge on any atom is 0.319 e. The average Bonchev–Trinajstić information content (AvgIpc) is 2.96. The van der Waals surface area contributed by atoms with Crippen LogP contribution in [0.4, 0.5) is 21.9 Å². The summed E-state index contributed by atoms with van der Waals surface area (Å²) in [7, 11) is 3.34. The summed E-state index contributed by atoms with van der Waals surface area (Å²) < 4.78 is 10.7. The van der Waals surface area contributed by atoms with Crippen LogP contribution >= 0.6 is 0 Å². The maximum atomic E-state index is 13.3. The van der Waals surface area contributed by atoms with Gasteiger partial charge in [-0.1, -0.05) is 31.4 Å². The summed E-state index contributed by atoms with van der Waals surface area (Å²) in [5.41, 5.74) is 3.11. The number of methoxy groups -OCH3 is 2. The minimum Gasteiger partial charge on any atom is -0.495 e. The molecule has 0 bridgehead atoms. The van der Waals surface area contributed by atoms with Gasteiger partial charge >= 0.3 is 6.03 Å². The molecular formula is C29H41N5O4. The Morgan fingerprint density at radius 2 is 1.63 bits per heavy atom. The fraction of sp³-hybridized carbons (Fsp3) is 0.517. The molecular weight excluding hydrogens is 482 g/mol. The van der Waals surface area contributed by atoms with Gasteiger partial charge in [-0.25, -0.2) is 4.79 Å². The van der Waals surface area contributed by atoms with E-state index in [0.29, 0.717) is 24.4 Å². The fourth-order valence-electron chi connectivity index (χ4n) is 5.26. The van der Waals surface area contributed by atoms with Crippen molar-refractivity contribution in [2.24, 2.45) is 0 Å². The Hall–Kier alpha value is -3.46. The Morgan fingerprint density at radius 3 is 2.34 bits per heavy atom. The van der Waals surface area contributed by atoms with E-state index >= 15 is 0 Å². The van der Waals surface area contributed by atoms with E-state index in [9.17, 15) is 9.59 Å². The molecule has 0 aromatic heterocycles. The van der Waals surface area contributed by atoms with Crippen LogP contribution in [0, 0.1) is 0 Å². The third-order valence-electron chi connectivity index (χ3n) is 7.30. The molecule has 4 rings (SSSR count). The molecule has 9 heteroatoms. The van der Waals surface area contributed by atoms with Gasteiger partial charge in [0.05, 0.1) is 18.4 Å². The van der Waals surface area contributed by atoms with E-state index in [1.807, 2.05) is 30.3 Å². The Bertz CT molecular complexity index is 1060. The van der Waals surface area contributed by atoms with Gasteiger partial charge in [-0.2, -0.15) is 0 Å². The first-order chi connectivity index (χ1) is 18.6. The molecule has 2 aromatic rings. The van der Waals surface area contributed by atoms with E-state index in [2.05, 4.69) is 31.8 Å². The van der Waals surface area contributed by atoms with Gasteiger partial charge in [0, 0.05) is 63.9 Å². The summed E-state index contributed by atoms with van der Waals surface area (Å²) in [6, 6.07) is 13.6. The van der Waals surface area contributed by atoms with Crippen molar-refractivity contribution < 1.29 is 19.1 Å². The molecule has 38 heavy (non-hydrogen) atoms. The van der Waals surface area contributed by atoms with Gasteiger partial charge in [-0.05, 0) is 49.6 Å². The number of hydrogen-bond acceptors (Lipinski definition) is 6. The van der Waals surface area contributed by atoms with E-state index in [1.54, 1.807) is 20.3 Å². The van der Waals surface area contributed by atoms with Crippen LogP contribution in [0.2, 0.25) is 0 Å². The molecule has 1 aliphatic carbocycles. The number of carbonyl (C=O) groups excluding carboxylic acids is 2. The lowest BCUT2D eigenvalue weighted by Crippen LogP contribution is -2.47. The number of urea groups is 1. The minimum atomic E-state index is -0.221. The van der Waals surface area contributed by atoms with Gasteiger partial charge in [-0.15, -0.1) is 0 Å². The standard InChI is InChI=1S/C29H41N5O4/c1-37-20-8-15-30-28(35)24-21-23(32-29(36)31-22-9-4-3-5-10-22)13-14-25(24)33-16-18-34(19-17-33)26-11-6-7-12-27(26)38-2/h6-7,11-14,21-22H,3-5,8-10,15-20H2,1-2H3,(H,30,35)(H2,31,32,36). The van der Waals surface area contributed by atoms with Gasteiger partial charge in [-0.3, -0.25) is 4.79 Å². The molecule has 3 N–H and O–H groups in total. The van der Waals surface area contributed by atoms with E-state index < -0.39 is 0 Å². The normalized spacial score (nSPS) is 16.2. The van der Waals surface area contributed by atoms with Gasteiger partial charge in [0.25, 0.3) is 5.91 Å². The number of nitrogens with zero attached hydrogens (tertiary/aromatic N) is 2. The van der Waals surface area contributed by atoms with E-state index in [-0.39, 0.29) is 18.0 Å². The van der Waals surface area contributed by atoms with Crippen LogP contribution in [0.15, 0.2) is 42.5 Å². The number of para-hydroxylation sites is 2. The highest BCUT2D eigenvalue weighted by Gasteiger charge is 2.24. The lowest BCUT2D eigenvalue weighted by atomic mass is 9.96. The van der Waals surface area contributed by atoms with Crippen molar-refractivity contribution in [1.82, 2.24) is 10.6 Å². The highest BCUT2D eigenvalue weighted by atomic mass is 16.5. The quantitative estimate of drug-likeness (QED) is 0.403. The molecule has 1 saturated carbocycles. The van der Waals surface area contributed by atoms with Crippen molar-refractivity contribution in [2.75, 3.05) is 68.7 Å². The molecule has 1 heterocycles. The summed E-state index contributed by atoms with van der Waals surface area (Å²) in [6.07, 6.45) is 6.30. The molecule has 2 aromatic carbocycles. The molecule has 9 nitrogen and oxygen atoms in total. The first-order valence-electron chi connectivity index (χ1n) is 13.7. The van der Waals surface area contributed by atoms with Crippen LogP contribution in [-0.2, 0) is 4.74 Å². The SMILES string of the molecule is COCCCNC(=O)c1cc(NC(=O)NC2CCCCC2)ccc1N1CCN(c2ccccc2OC)CC1. The lowest BCUT2D eigenvalue weighted by Gasteiger charge is -2.38. The number of piperazine rings is 1. The Labute approximate surface area is 225 Å². The zero-order valence-electron chi connectivity index (χ0n) is 22.6. The van der Waals surface area contributed by atoms with Gasteiger partial charge in [0.15, 0.2) is 0 Å². The van der Waals surface area contributed by atoms with Crippen LogP contribution in [0.5, 0.6) is 5.75 Å². The zero-order chi connectivity index (χ0) is 26.7. The molecule has 2 fully saturated rings. The van der Waals surface area contributed by atoms with Crippen molar-refractivity contribution in [2.45, 2.75) is 44.6 Å². The van der Waals surface area contributed by atoms with Crippen molar-refractivity contribution >= 4 is 29.0 Å². The molecule has 1 saturated heterocycles. The number of hydrogen-bond donors (Lipinski definition) is 3. The predicted octanol–water partition coefficient (Wildman–Crippen LogP) is 4.24. The van der Waals surface area contributed by atoms with Crippen LogP contribution in [-0.4, -0.2) is 71.5 Å². The fourth-order valence-corrected chi connectivity index (χ4v) is 5.26. The largest absolute Gasteiger partial charge is 0.495 e. The summed E-state index contributed by atoms with van der Waals surface area (Å²) in [6.45, 7) is 4.24. The highest BCUT2D eigenvalue weighted by molar-refractivity contribution is 6.02. The molecule has 1 aliphatic heterocycles. The lowest BCUT2D eigenvalue weighted by molar-refractivity contribution is 0.0949. The number of carbonyl (C=O) groups is 2. The Balaban J connectivity index is 1.46. The second kappa shape index (κ2) is 13.9. The highest BCUT2D eigenvalue weighted by Crippen LogP contribution is 2.31. The smallest absolute Gasteiger partial charge is 0.319 e. The van der Waals surface area contributed by atoms with E-state index in [4.69, 9.17) is 9.47 Å². The Morgan fingerprint density at radius 1 is 0.921 bits per heavy atom. The van der Waals surface area contributed by atoms with Crippen molar-refractivity contribution in [1.29, 1.82) is 0 Å². The molecule has 0 spiro atoms. The summed E-state index contributed by atoms with van der Waals surface area (Å²) in [5, 5.41) is 9.03. The van der Waals surface area contributed by atoms with E-state index in [1.165, 1.54) is 6.42 Å². The zero-order valence-corrected chi connectivity index (χ0v) is 22.6. The van der Waals surface area contributed by atoms with Crippen LogP contribution < -0.4 is 30.5 Å². The third-order valence-corrected chi connectivity index (χ3v) is 7.30. The van der Waals surface area contributed by atoms with Crippen LogP contribution in [0.3, 0.4) is 0 Å². The third kappa shape index (κ3) is 7.31. The Kier molecular flexibility index (Phi) is 10.1. The molecule has 3 amide bonds. The first kappa shape index (κ1) is 27.6. The molecule has 0 radical (unpaired) electrons. The number of benzene rings is 2. The number of anilines is 3. The minimum absolute atomic E-state index is 0.153. The summed E-state index contributed by atoms with van der Waals surface area (Å²) >= 11 is 0. The van der Waals surface area contributed by atoms with Gasteiger partial charge in [0.1, 0.15) is 5.75 Å². The monoisotopic (exact) mass is 523 g/mol. The van der Waals surface area contributed by atoms with Crippen LogP contribution in [0.1, 0.15) is 48.9 Å². The van der Waals surface area contributed by atoms with Crippen molar-refractivity contribution in [3.8, 4) is 5.75 Å². The van der Waals surface area contributed by atoms with Crippen LogP contribution in [0.25, 0.3) is 0 Å².